The summed E-state index contributed by atoms with van der Waals surface area (Å²) in [7, 11) is 0. The molecule has 1 saturated heterocycles. The second-order valence-corrected chi connectivity index (χ2v) is 6.52. The fourth-order valence-corrected chi connectivity index (χ4v) is 3.82. The van der Waals surface area contributed by atoms with Crippen LogP contribution in [0.5, 0.6) is 5.75 Å². The summed E-state index contributed by atoms with van der Waals surface area (Å²) in [5.41, 5.74) is 6.25. The molecule has 0 aromatic heterocycles. The van der Waals surface area contributed by atoms with Crippen molar-refractivity contribution in [2.75, 3.05) is 26.2 Å². The van der Waals surface area contributed by atoms with Crippen molar-refractivity contribution in [1.82, 2.24) is 4.90 Å². The van der Waals surface area contributed by atoms with Crippen molar-refractivity contribution in [3.63, 3.8) is 0 Å². The molecule has 3 rings (SSSR count). The third-order valence-corrected chi connectivity index (χ3v) is 4.94. The molecule has 1 saturated carbocycles. The Morgan fingerprint density at radius 1 is 1.29 bits per heavy atom. The van der Waals surface area contributed by atoms with Crippen molar-refractivity contribution in [3.8, 4) is 5.75 Å². The van der Waals surface area contributed by atoms with Crippen molar-refractivity contribution in [2.45, 2.75) is 25.3 Å². The van der Waals surface area contributed by atoms with Crippen molar-refractivity contribution in [1.29, 1.82) is 0 Å². The number of ether oxygens (including phenoxy) is 1. The molecule has 2 aliphatic rings. The number of nitrogens with two attached hydrogens (primary N) is 1. The van der Waals surface area contributed by atoms with Gasteiger partial charge in [0.25, 0.3) is 0 Å². The molecular formula is C16H24Cl2N2O. The van der Waals surface area contributed by atoms with Crippen molar-refractivity contribution in [3.05, 3.63) is 29.3 Å². The van der Waals surface area contributed by atoms with E-state index < -0.39 is 0 Å². The minimum atomic E-state index is 0. The van der Waals surface area contributed by atoms with E-state index in [2.05, 4.69) is 4.90 Å². The molecule has 3 nitrogen and oxygen atoms in total. The Hall–Kier alpha value is -0.480. The fourth-order valence-electron chi connectivity index (χ4n) is 3.64. The smallest absolute Gasteiger partial charge is 0.120 e. The topological polar surface area (TPSA) is 38.5 Å². The summed E-state index contributed by atoms with van der Waals surface area (Å²) in [5.74, 6) is 2.37. The number of nitrogens with zero attached hydrogens (tertiary/aromatic N) is 1. The summed E-state index contributed by atoms with van der Waals surface area (Å²) < 4.78 is 5.77. The molecule has 118 valence electrons. The SMILES string of the molecule is Cl.NC1CCCC2CN(CCOc3cccc(Cl)c3)CC12. The fraction of sp³-hybridized carbons (Fsp3) is 0.625. The van der Waals surface area contributed by atoms with Gasteiger partial charge in [0.15, 0.2) is 0 Å². The second kappa shape index (κ2) is 7.68. The lowest BCUT2D eigenvalue weighted by Gasteiger charge is -2.29. The van der Waals surface area contributed by atoms with Crippen LogP contribution in [0, 0.1) is 11.8 Å². The third kappa shape index (κ3) is 4.26. The zero-order chi connectivity index (χ0) is 13.9. The summed E-state index contributed by atoms with van der Waals surface area (Å²) in [6.45, 7) is 4.03. The van der Waals surface area contributed by atoms with Gasteiger partial charge in [0.05, 0.1) is 0 Å². The first-order valence-corrected chi connectivity index (χ1v) is 7.96. The lowest BCUT2D eigenvalue weighted by atomic mass is 9.78. The van der Waals surface area contributed by atoms with Crippen LogP contribution in [-0.4, -0.2) is 37.2 Å². The molecule has 0 radical (unpaired) electrons. The predicted molar refractivity (Wildman–Crippen MR) is 89.4 cm³/mol. The molecule has 1 aliphatic carbocycles. The van der Waals surface area contributed by atoms with E-state index >= 15 is 0 Å². The molecule has 21 heavy (non-hydrogen) atoms. The molecule has 1 aromatic rings. The Morgan fingerprint density at radius 2 is 2.14 bits per heavy atom. The van der Waals surface area contributed by atoms with Crippen LogP contribution in [-0.2, 0) is 0 Å². The zero-order valence-electron chi connectivity index (χ0n) is 12.2. The third-order valence-electron chi connectivity index (χ3n) is 4.70. The van der Waals surface area contributed by atoms with Gasteiger partial charge in [0.2, 0.25) is 0 Å². The average molecular weight is 331 g/mol. The van der Waals surface area contributed by atoms with E-state index in [0.717, 1.165) is 36.4 Å². The van der Waals surface area contributed by atoms with Gasteiger partial charge < -0.3 is 10.5 Å². The minimum absolute atomic E-state index is 0. The molecule has 2 fully saturated rings. The van der Waals surface area contributed by atoms with Gasteiger partial charge in [0.1, 0.15) is 12.4 Å². The number of halogens is 2. The molecule has 0 spiro atoms. The van der Waals surface area contributed by atoms with Crippen LogP contribution in [0.1, 0.15) is 19.3 Å². The zero-order valence-corrected chi connectivity index (χ0v) is 13.8. The molecule has 0 bridgehead atoms. The number of benzene rings is 1. The van der Waals surface area contributed by atoms with E-state index in [0.29, 0.717) is 12.0 Å². The normalized spacial score (nSPS) is 28.8. The first-order valence-electron chi connectivity index (χ1n) is 7.58. The van der Waals surface area contributed by atoms with Crippen LogP contribution in [0.4, 0.5) is 0 Å². The monoisotopic (exact) mass is 330 g/mol. The maximum absolute atomic E-state index is 6.25. The molecule has 2 N–H and O–H groups in total. The quantitative estimate of drug-likeness (QED) is 0.921. The van der Waals surface area contributed by atoms with E-state index in [1.165, 1.54) is 25.8 Å². The molecule has 1 aliphatic heterocycles. The van der Waals surface area contributed by atoms with E-state index in [1.807, 2.05) is 24.3 Å². The van der Waals surface area contributed by atoms with Gasteiger partial charge in [-0.3, -0.25) is 4.90 Å². The molecule has 0 amide bonds. The molecule has 3 unspecified atom stereocenters. The summed E-state index contributed by atoms with van der Waals surface area (Å²) >= 11 is 5.95. The number of fused-ring (bicyclic) bond motifs is 1. The Labute approximate surface area is 138 Å². The van der Waals surface area contributed by atoms with Crippen LogP contribution < -0.4 is 10.5 Å². The minimum Gasteiger partial charge on any atom is -0.492 e. The molecule has 1 heterocycles. The van der Waals surface area contributed by atoms with Crippen molar-refractivity contribution in [2.24, 2.45) is 17.6 Å². The summed E-state index contributed by atoms with van der Waals surface area (Å²) in [6, 6.07) is 8.00. The predicted octanol–water partition coefficient (Wildman–Crippen LogP) is 3.20. The first kappa shape index (κ1) is 16.9. The first-order chi connectivity index (χ1) is 9.72. The van der Waals surface area contributed by atoms with Crippen LogP contribution in [0.15, 0.2) is 24.3 Å². The lowest BCUT2D eigenvalue weighted by Crippen LogP contribution is -2.38. The summed E-state index contributed by atoms with van der Waals surface area (Å²) in [6.07, 6.45) is 3.85. The Kier molecular flexibility index (Phi) is 6.18. The van der Waals surface area contributed by atoms with Gasteiger partial charge in [-0.1, -0.05) is 24.1 Å². The highest BCUT2D eigenvalue weighted by Gasteiger charge is 2.38. The largest absolute Gasteiger partial charge is 0.492 e. The standard InChI is InChI=1S/C16H23ClN2O.ClH/c17-13-4-2-5-14(9-13)20-8-7-19-10-12-3-1-6-16(18)15(12)11-19;/h2,4-5,9,12,15-16H,1,3,6-8,10-11,18H2;1H. The Balaban J connectivity index is 0.00000161. The van der Waals surface area contributed by atoms with Crippen molar-refractivity contribution < 1.29 is 4.74 Å². The highest BCUT2D eigenvalue weighted by molar-refractivity contribution is 6.30. The van der Waals surface area contributed by atoms with Crippen LogP contribution >= 0.6 is 24.0 Å². The second-order valence-electron chi connectivity index (χ2n) is 6.08. The lowest BCUT2D eigenvalue weighted by molar-refractivity contribution is 0.229. The van der Waals surface area contributed by atoms with Crippen LogP contribution in [0.25, 0.3) is 0 Å². The molecular weight excluding hydrogens is 307 g/mol. The van der Waals surface area contributed by atoms with Crippen LogP contribution in [0.2, 0.25) is 5.02 Å². The highest BCUT2D eigenvalue weighted by atomic mass is 35.5. The number of hydrogen-bond donors (Lipinski definition) is 1. The average Bonchev–Trinajstić information content (AvgIpc) is 2.83. The number of rotatable bonds is 4. The van der Waals surface area contributed by atoms with Gasteiger partial charge in [-0.15, -0.1) is 12.4 Å². The van der Waals surface area contributed by atoms with Crippen molar-refractivity contribution >= 4 is 24.0 Å². The molecule has 5 heteroatoms. The van der Waals surface area contributed by atoms with Gasteiger partial charge >= 0.3 is 0 Å². The number of hydrogen-bond acceptors (Lipinski definition) is 3. The van der Waals surface area contributed by atoms with E-state index in [4.69, 9.17) is 22.1 Å². The van der Waals surface area contributed by atoms with Gasteiger partial charge in [-0.05, 0) is 42.9 Å². The van der Waals surface area contributed by atoms with Crippen LogP contribution in [0.3, 0.4) is 0 Å². The maximum atomic E-state index is 6.25. The Morgan fingerprint density at radius 3 is 2.90 bits per heavy atom. The summed E-state index contributed by atoms with van der Waals surface area (Å²) in [4.78, 5) is 2.51. The highest BCUT2D eigenvalue weighted by Crippen LogP contribution is 2.35. The summed E-state index contributed by atoms with van der Waals surface area (Å²) in [5, 5.41) is 0.723. The Bertz CT molecular complexity index is 458. The molecule has 3 atom stereocenters. The van der Waals surface area contributed by atoms with Gasteiger partial charge in [0, 0.05) is 30.7 Å². The number of likely N-dealkylation sites (tertiary alicyclic amines) is 1. The maximum Gasteiger partial charge on any atom is 0.120 e. The van der Waals surface area contributed by atoms with Gasteiger partial charge in [-0.2, -0.15) is 0 Å². The van der Waals surface area contributed by atoms with E-state index in [-0.39, 0.29) is 12.4 Å². The van der Waals surface area contributed by atoms with E-state index in [1.54, 1.807) is 0 Å². The molecule has 1 aromatic carbocycles. The van der Waals surface area contributed by atoms with Gasteiger partial charge in [-0.25, -0.2) is 0 Å². The van der Waals surface area contributed by atoms with E-state index in [9.17, 15) is 0 Å².